The summed E-state index contributed by atoms with van der Waals surface area (Å²) in [5.41, 5.74) is 2.01. The van der Waals surface area contributed by atoms with Gasteiger partial charge in [-0.3, -0.25) is 0 Å². The van der Waals surface area contributed by atoms with E-state index in [4.69, 9.17) is 9.47 Å². The van der Waals surface area contributed by atoms with Crippen LogP contribution in [0.4, 0.5) is 10.5 Å². The Kier molecular flexibility index (Phi) is 3.76. The van der Waals surface area contributed by atoms with Crippen LogP contribution in [0, 0.1) is 0 Å². The Hall–Kier alpha value is -2.69. The van der Waals surface area contributed by atoms with Crippen LogP contribution < -0.4 is 20.1 Å². The number of rotatable bonds is 4. The van der Waals surface area contributed by atoms with Gasteiger partial charge in [0.15, 0.2) is 11.5 Å². The number of para-hydroxylation sites is 1. The van der Waals surface area contributed by atoms with E-state index in [2.05, 4.69) is 22.8 Å². The third-order valence-electron chi connectivity index (χ3n) is 4.63. The highest BCUT2D eigenvalue weighted by Crippen LogP contribution is 2.49. The summed E-state index contributed by atoms with van der Waals surface area (Å²) in [6, 6.07) is 15.4. The third kappa shape index (κ3) is 3.02. The van der Waals surface area contributed by atoms with Gasteiger partial charge in [0.25, 0.3) is 0 Å². The smallest absolute Gasteiger partial charge is 0.319 e. The largest absolute Gasteiger partial charge is 0.486 e. The molecule has 0 bridgehead atoms. The lowest BCUT2D eigenvalue weighted by atomic mass is 9.95. The van der Waals surface area contributed by atoms with Gasteiger partial charge in [-0.15, -0.1) is 0 Å². The van der Waals surface area contributed by atoms with Crippen LogP contribution in [0.3, 0.4) is 0 Å². The first kappa shape index (κ1) is 14.9. The van der Waals surface area contributed by atoms with Crippen molar-refractivity contribution in [2.75, 3.05) is 25.1 Å². The summed E-state index contributed by atoms with van der Waals surface area (Å²) in [4.78, 5) is 12.1. The zero-order valence-electron chi connectivity index (χ0n) is 13.4. The molecule has 124 valence electrons. The van der Waals surface area contributed by atoms with Crippen LogP contribution in [0.15, 0.2) is 48.5 Å². The molecule has 0 spiro atoms. The van der Waals surface area contributed by atoms with Crippen molar-refractivity contribution in [3.8, 4) is 11.5 Å². The van der Waals surface area contributed by atoms with Gasteiger partial charge in [0.2, 0.25) is 0 Å². The minimum atomic E-state index is -0.176. The van der Waals surface area contributed by atoms with Crippen LogP contribution in [-0.4, -0.2) is 25.8 Å². The molecule has 0 aromatic heterocycles. The van der Waals surface area contributed by atoms with E-state index >= 15 is 0 Å². The minimum Gasteiger partial charge on any atom is -0.486 e. The number of urea groups is 1. The Balaban J connectivity index is 1.40. The fourth-order valence-corrected chi connectivity index (χ4v) is 3.04. The molecule has 0 atom stereocenters. The van der Waals surface area contributed by atoms with Crippen molar-refractivity contribution in [2.45, 2.75) is 18.3 Å². The van der Waals surface area contributed by atoms with E-state index in [0.29, 0.717) is 19.8 Å². The van der Waals surface area contributed by atoms with Gasteiger partial charge in [0, 0.05) is 17.6 Å². The molecule has 1 saturated carbocycles. The number of ether oxygens (including phenoxy) is 2. The quantitative estimate of drug-likeness (QED) is 0.907. The maximum absolute atomic E-state index is 12.1. The SMILES string of the molecule is O=C(NCC1(c2ccc3c(c2)OCCO3)CC1)Nc1ccccc1. The predicted molar refractivity (Wildman–Crippen MR) is 91.8 cm³/mol. The van der Waals surface area contributed by atoms with Crippen LogP contribution in [-0.2, 0) is 5.41 Å². The van der Waals surface area contributed by atoms with E-state index in [1.807, 2.05) is 36.4 Å². The second-order valence-electron chi connectivity index (χ2n) is 6.31. The Labute approximate surface area is 141 Å². The molecule has 2 N–H and O–H groups in total. The Morgan fingerprint density at radius 1 is 1.00 bits per heavy atom. The van der Waals surface area contributed by atoms with Gasteiger partial charge in [0.1, 0.15) is 13.2 Å². The van der Waals surface area contributed by atoms with Gasteiger partial charge in [0.05, 0.1) is 0 Å². The third-order valence-corrected chi connectivity index (χ3v) is 4.63. The molecular formula is C19H20N2O3. The summed E-state index contributed by atoms with van der Waals surface area (Å²) < 4.78 is 11.2. The molecular weight excluding hydrogens is 304 g/mol. The number of fused-ring (bicyclic) bond motifs is 1. The standard InChI is InChI=1S/C19H20N2O3/c22-18(21-15-4-2-1-3-5-15)20-13-19(8-9-19)14-6-7-16-17(12-14)24-11-10-23-16/h1-7,12H,8-11,13H2,(H2,20,21,22). The number of benzene rings is 2. The molecule has 0 saturated heterocycles. The van der Waals surface area contributed by atoms with E-state index in [-0.39, 0.29) is 11.4 Å². The van der Waals surface area contributed by atoms with Gasteiger partial charge in [-0.2, -0.15) is 0 Å². The molecule has 2 aromatic carbocycles. The second kappa shape index (κ2) is 6.07. The van der Waals surface area contributed by atoms with Crippen molar-refractivity contribution in [2.24, 2.45) is 0 Å². The van der Waals surface area contributed by atoms with Gasteiger partial charge >= 0.3 is 6.03 Å². The van der Waals surface area contributed by atoms with Crippen LogP contribution >= 0.6 is 0 Å². The fraction of sp³-hybridized carbons (Fsp3) is 0.316. The van der Waals surface area contributed by atoms with Crippen molar-refractivity contribution < 1.29 is 14.3 Å². The van der Waals surface area contributed by atoms with Crippen molar-refractivity contribution in [1.29, 1.82) is 0 Å². The van der Waals surface area contributed by atoms with Crippen molar-refractivity contribution in [1.82, 2.24) is 5.32 Å². The first-order valence-electron chi connectivity index (χ1n) is 8.25. The average molecular weight is 324 g/mol. The number of anilines is 1. The molecule has 1 aliphatic heterocycles. The lowest BCUT2D eigenvalue weighted by Gasteiger charge is -2.22. The Bertz CT molecular complexity index is 742. The number of amides is 2. The monoisotopic (exact) mass is 324 g/mol. The van der Waals surface area contributed by atoms with Crippen LogP contribution in [0.5, 0.6) is 11.5 Å². The molecule has 1 fully saturated rings. The summed E-state index contributed by atoms with van der Waals surface area (Å²) in [6.07, 6.45) is 2.14. The molecule has 5 nitrogen and oxygen atoms in total. The molecule has 5 heteroatoms. The summed E-state index contributed by atoms with van der Waals surface area (Å²) in [7, 11) is 0. The van der Waals surface area contributed by atoms with Crippen molar-refractivity contribution >= 4 is 11.7 Å². The number of hydrogen-bond acceptors (Lipinski definition) is 3. The maximum atomic E-state index is 12.1. The first-order chi connectivity index (χ1) is 11.8. The number of nitrogens with one attached hydrogen (secondary N) is 2. The van der Waals surface area contributed by atoms with E-state index in [9.17, 15) is 4.79 Å². The van der Waals surface area contributed by atoms with Gasteiger partial charge in [-0.05, 0) is 42.7 Å². The average Bonchev–Trinajstić information content (AvgIpc) is 3.42. The molecule has 2 amide bonds. The maximum Gasteiger partial charge on any atom is 0.319 e. The summed E-state index contributed by atoms with van der Waals surface area (Å²) in [5, 5.41) is 5.84. The first-order valence-corrected chi connectivity index (χ1v) is 8.25. The molecule has 1 aliphatic carbocycles. The molecule has 24 heavy (non-hydrogen) atoms. The highest BCUT2D eigenvalue weighted by Gasteiger charge is 2.44. The highest BCUT2D eigenvalue weighted by molar-refractivity contribution is 5.89. The fourth-order valence-electron chi connectivity index (χ4n) is 3.04. The Morgan fingerprint density at radius 3 is 2.50 bits per heavy atom. The topological polar surface area (TPSA) is 59.6 Å². The molecule has 1 heterocycles. The number of carbonyl (C=O) groups excluding carboxylic acids is 1. The predicted octanol–water partition coefficient (Wildman–Crippen LogP) is 3.31. The highest BCUT2D eigenvalue weighted by atomic mass is 16.6. The van der Waals surface area contributed by atoms with Gasteiger partial charge in [-0.1, -0.05) is 24.3 Å². The molecule has 0 radical (unpaired) electrons. The van der Waals surface area contributed by atoms with Crippen molar-refractivity contribution in [3.05, 3.63) is 54.1 Å². The molecule has 2 aliphatic rings. The zero-order valence-corrected chi connectivity index (χ0v) is 13.4. The number of hydrogen-bond donors (Lipinski definition) is 2. The summed E-state index contributed by atoms with van der Waals surface area (Å²) in [5.74, 6) is 1.61. The van der Waals surface area contributed by atoms with E-state index in [0.717, 1.165) is 30.0 Å². The zero-order chi connectivity index (χ0) is 16.4. The van der Waals surface area contributed by atoms with Crippen molar-refractivity contribution in [3.63, 3.8) is 0 Å². The van der Waals surface area contributed by atoms with E-state index in [1.165, 1.54) is 5.56 Å². The summed E-state index contributed by atoms with van der Waals surface area (Å²) >= 11 is 0. The van der Waals surface area contributed by atoms with E-state index < -0.39 is 0 Å². The normalized spacial score (nSPS) is 17.0. The molecule has 0 unspecified atom stereocenters. The van der Waals surface area contributed by atoms with E-state index in [1.54, 1.807) is 0 Å². The van der Waals surface area contributed by atoms with Crippen LogP contribution in [0.2, 0.25) is 0 Å². The lowest BCUT2D eigenvalue weighted by molar-refractivity contribution is 0.171. The van der Waals surface area contributed by atoms with Crippen LogP contribution in [0.25, 0.3) is 0 Å². The van der Waals surface area contributed by atoms with Gasteiger partial charge in [-0.25, -0.2) is 4.79 Å². The van der Waals surface area contributed by atoms with Crippen LogP contribution in [0.1, 0.15) is 18.4 Å². The lowest BCUT2D eigenvalue weighted by Crippen LogP contribution is -2.35. The summed E-state index contributed by atoms with van der Waals surface area (Å²) in [6.45, 7) is 1.80. The molecule has 4 rings (SSSR count). The Morgan fingerprint density at radius 2 is 1.75 bits per heavy atom. The minimum absolute atomic E-state index is 0.0177. The number of carbonyl (C=O) groups is 1. The van der Waals surface area contributed by atoms with Gasteiger partial charge < -0.3 is 20.1 Å². The second-order valence-corrected chi connectivity index (χ2v) is 6.31. The molecule has 2 aromatic rings.